The molecule has 2 rings (SSSR count). The fraction of sp³-hybridized carbons (Fsp3) is 0.417. The van der Waals surface area contributed by atoms with E-state index in [1.165, 1.54) is 18.2 Å². The molecule has 0 bridgehead atoms. The molecule has 1 fully saturated rings. The topological polar surface area (TPSA) is 95.6 Å². The van der Waals surface area contributed by atoms with Crippen molar-refractivity contribution in [1.82, 2.24) is 5.32 Å². The highest BCUT2D eigenvalue weighted by Gasteiger charge is 2.31. The Labute approximate surface area is 99.3 Å². The van der Waals surface area contributed by atoms with E-state index in [1.54, 1.807) is 0 Å². The summed E-state index contributed by atoms with van der Waals surface area (Å²) in [6, 6.07) is 3.99. The van der Waals surface area contributed by atoms with E-state index in [-0.39, 0.29) is 23.4 Å². The van der Waals surface area contributed by atoms with Gasteiger partial charge in [-0.3, -0.25) is 4.79 Å². The molecular weight excluding hydrogens is 220 g/mol. The van der Waals surface area contributed by atoms with Crippen molar-refractivity contribution in [3.8, 4) is 11.5 Å². The molecule has 1 aromatic carbocycles. The molecule has 5 heteroatoms. The number of nitrogens with two attached hydrogens (primary N) is 1. The van der Waals surface area contributed by atoms with Crippen molar-refractivity contribution >= 4 is 5.91 Å². The summed E-state index contributed by atoms with van der Waals surface area (Å²) in [5, 5.41) is 21.3. The van der Waals surface area contributed by atoms with Crippen LogP contribution in [-0.2, 0) is 0 Å². The second-order valence-corrected chi connectivity index (χ2v) is 4.36. The van der Waals surface area contributed by atoms with Crippen molar-refractivity contribution in [2.75, 3.05) is 6.54 Å². The number of aromatic hydroxyl groups is 2. The molecule has 5 N–H and O–H groups in total. The molecular formula is C12H16N2O3. The zero-order valence-electron chi connectivity index (χ0n) is 9.39. The highest BCUT2D eigenvalue weighted by Crippen LogP contribution is 2.32. The number of amides is 1. The number of hydrogen-bond donors (Lipinski definition) is 4. The van der Waals surface area contributed by atoms with Crippen LogP contribution in [-0.4, -0.2) is 28.7 Å². The van der Waals surface area contributed by atoms with Crippen LogP contribution < -0.4 is 11.1 Å². The Balaban J connectivity index is 2.05. The molecule has 1 saturated carbocycles. The van der Waals surface area contributed by atoms with E-state index in [4.69, 9.17) is 10.8 Å². The van der Waals surface area contributed by atoms with Gasteiger partial charge in [-0.05, 0) is 37.0 Å². The molecule has 0 heterocycles. The van der Waals surface area contributed by atoms with Crippen molar-refractivity contribution in [2.24, 2.45) is 11.7 Å². The average Bonchev–Trinajstić information content (AvgIpc) is 3.13. The zero-order chi connectivity index (χ0) is 12.4. The highest BCUT2D eigenvalue weighted by molar-refractivity contribution is 5.95. The van der Waals surface area contributed by atoms with E-state index in [2.05, 4.69) is 5.32 Å². The summed E-state index contributed by atoms with van der Waals surface area (Å²) in [5.41, 5.74) is 5.91. The van der Waals surface area contributed by atoms with Crippen LogP contribution in [0.1, 0.15) is 23.2 Å². The van der Waals surface area contributed by atoms with Gasteiger partial charge in [-0.15, -0.1) is 0 Å². The first-order valence-electron chi connectivity index (χ1n) is 5.64. The lowest BCUT2D eigenvalue weighted by atomic mass is 10.1. The van der Waals surface area contributed by atoms with Gasteiger partial charge in [-0.2, -0.15) is 0 Å². The summed E-state index contributed by atoms with van der Waals surface area (Å²) in [6.45, 7) is 0.417. The van der Waals surface area contributed by atoms with Gasteiger partial charge in [0.15, 0.2) is 11.5 Å². The van der Waals surface area contributed by atoms with E-state index in [1.807, 2.05) is 0 Å². The van der Waals surface area contributed by atoms with E-state index in [9.17, 15) is 9.90 Å². The number of phenolic OH excluding ortho intramolecular Hbond substituents is 2. The molecule has 0 aromatic heterocycles. The minimum Gasteiger partial charge on any atom is -0.504 e. The molecule has 1 aromatic rings. The maximum absolute atomic E-state index is 11.9. The highest BCUT2D eigenvalue weighted by atomic mass is 16.3. The first-order valence-corrected chi connectivity index (χ1v) is 5.64. The van der Waals surface area contributed by atoms with Crippen LogP contribution in [0.25, 0.3) is 0 Å². The van der Waals surface area contributed by atoms with E-state index in [0.29, 0.717) is 18.0 Å². The third kappa shape index (κ3) is 2.68. The van der Waals surface area contributed by atoms with Crippen LogP contribution in [0, 0.1) is 5.92 Å². The predicted octanol–water partition coefficient (Wildman–Crippen LogP) is 0.565. The SMILES string of the molecule is NCC(NC(=O)c1ccc(O)c(O)c1)C1CC1. The van der Waals surface area contributed by atoms with E-state index < -0.39 is 0 Å². The number of rotatable bonds is 4. The summed E-state index contributed by atoms with van der Waals surface area (Å²) in [7, 11) is 0. The fourth-order valence-corrected chi connectivity index (χ4v) is 1.78. The maximum atomic E-state index is 11.9. The Hall–Kier alpha value is -1.75. The van der Waals surface area contributed by atoms with Gasteiger partial charge < -0.3 is 21.3 Å². The Morgan fingerprint density at radius 1 is 1.41 bits per heavy atom. The Morgan fingerprint density at radius 2 is 2.12 bits per heavy atom. The Bertz CT molecular complexity index is 430. The summed E-state index contributed by atoms with van der Waals surface area (Å²) >= 11 is 0. The van der Waals surface area contributed by atoms with Gasteiger partial charge in [0.2, 0.25) is 0 Å². The van der Waals surface area contributed by atoms with Gasteiger partial charge in [0.05, 0.1) is 0 Å². The number of phenols is 2. The van der Waals surface area contributed by atoms with Crippen molar-refractivity contribution in [3.63, 3.8) is 0 Å². The van der Waals surface area contributed by atoms with Crippen LogP contribution in [0.5, 0.6) is 11.5 Å². The van der Waals surface area contributed by atoms with Gasteiger partial charge >= 0.3 is 0 Å². The first kappa shape index (κ1) is 11.7. The van der Waals surface area contributed by atoms with E-state index in [0.717, 1.165) is 12.8 Å². The number of nitrogens with one attached hydrogen (secondary N) is 1. The number of carbonyl (C=O) groups excluding carboxylic acids is 1. The van der Waals surface area contributed by atoms with Crippen LogP contribution in [0.4, 0.5) is 0 Å². The summed E-state index contributed by atoms with van der Waals surface area (Å²) in [6.07, 6.45) is 2.20. The van der Waals surface area contributed by atoms with E-state index >= 15 is 0 Å². The van der Waals surface area contributed by atoms with Crippen LogP contribution in [0.15, 0.2) is 18.2 Å². The molecule has 0 radical (unpaired) electrons. The van der Waals surface area contributed by atoms with Gasteiger partial charge in [0.25, 0.3) is 5.91 Å². The minimum absolute atomic E-state index is 0.00144. The normalized spacial score (nSPS) is 16.5. The van der Waals surface area contributed by atoms with Crippen LogP contribution in [0.3, 0.4) is 0 Å². The van der Waals surface area contributed by atoms with Crippen molar-refractivity contribution in [2.45, 2.75) is 18.9 Å². The van der Waals surface area contributed by atoms with Gasteiger partial charge in [0, 0.05) is 18.2 Å². The third-order valence-electron chi connectivity index (χ3n) is 3.00. The molecule has 1 aliphatic rings. The Kier molecular flexibility index (Phi) is 3.19. The molecule has 1 aliphatic carbocycles. The molecule has 0 spiro atoms. The van der Waals surface area contributed by atoms with Gasteiger partial charge in [-0.1, -0.05) is 0 Å². The maximum Gasteiger partial charge on any atom is 0.251 e. The zero-order valence-corrected chi connectivity index (χ0v) is 9.39. The van der Waals surface area contributed by atoms with Gasteiger partial charge in [0.1, 0.15) is 0 Å². The number of benzene rings is 1. The Morgan fingerprint density at radius 3 is 2.65 bits per heavy atom. The molecule has 92 valence electrons. The molecule has 1 unspecified atom stereocenters. The standard InChI is InChI=1S/C12H16N2O3/c13-6-9(7-1-2-7)14-12(17)8-3-4-10(15)11(16)5-8/h3-5,7,9,15-16H,1-2,6,13H2,(H,14,17). The van der Waals surface area contributed by atoms with Crippen molar-refractivity contribution in [1.29, 1.82) is 0 Å². The number of hydrogen-bond acceptors (Lipinski definition) is 4. The summed E-state index contributed by atoms with van der Waals surface area (Å²) in [5.74, 6) is -0.329. The first-order chi connectivity index (χ1) is 8.11. The van der Waals surface area contributed by atoms with Crippen molar-refractivity contribution in [3.05, 3.63) is 23.8 Å². The molecule has 5 nitrogen and oxygen atoms in total. The lowest BCUT2D eigenvalue weighted by Gasteiger charge is -2.16. The third-order valence-corrected chi connectivity index (χ3v) is 3.00. The monoisotopic (exact) mass is 236 g/mol. The predicted molar refractivity (Wildman–Crippen MR) is 62.8 cm³/mol. The molecule has 1 atom stereocenters. The molecule has 17 heavy (non-hydrogen) atoms. The summed E-state index contributed by atoms with van der Waals surface area (Å²) < 4.78 is 0. The van der Waals surface area contributed by atoms with Crippen LogP contribution in [0.2, 0.25) is 0 Å². The van der Waals surface area contributed by atoms with Gasteiger partial charge in [-0.25, -0.2) is 0 Å². The minimum atomic E-state index is -0.298. The average molecular weight is 236 g/mol. The van der Waals surface area contributed by atoms with Crippen LogP contribution >= 0.6 is 0 Å². The smallest absolute Gasteiger partial charge is 0.251 e. The molecule has 0 saturated heterocycles. The number of carbonyl (C=O) groups is 1. The molecule has 1 amide bonds. The fourth-order valence-electron chi connectivity index (χ4n) is 1.78. The largest absolute Gasteiger partial charge is 0.504 e. The summed E-state index contributed by atoms with van der Waals surface area (Å²) in [4.78, 5) is 11.9. The second-order valence-electron chi connectivity index (χ2n) is 4.36. The lowest BCUT2D eigenvalue weighted by molar-refractivity contribution is 0.0933. The second kappa shape index (κ2) is 4.63. The molecule has 0 aliphatic heterocycles. The van der Waals surface area contributed by atoms with Crippen molar-refractivity contribution < 1.29 is 15.0 Å². The lowest BCUT2D eigenvalue weighted by Crippen LogP contribution is -2.41. The quantitative estimate of drug-likeness (QED) is 0.574.